The van der Waals surface area contributed by atoms with Crippen LogP contribution in [-0.4, -0.2) is 53.4 Å². The summed E-state index contributed by atoms with van der Waals surface area (Å²) in [5, 5.41) is 8.65. The molecule has 19 heavy (non-hydrogen) atoms. The van der Waals surface area contributed by atoms with Gasteiger partial charge in [-0.3, -0.25) is 14.7 Å². The Labute approximate surface area is 113 Å². The molecular formula is C14H18N4O. The number of aromatic nitrogens is 1. The molecule has 5 nitrogen and oxygen atoms in total. The second-order valence-electron chi connectivity index (χ2n) is 4.81. The van der Waals surface area contributed by atoms with Gasteiger partial charge in [0.15, 0.2) is 0 Å². The number of pyridine rings is 1. The van der Waals surface area contributed by atoms with Gasteiger partial charge in [-0.15, -0.1) is 0 Å². The molecule has 0 unspecified atom stereocenters. The highest BCUT2D eigenvalue weighted by molar-refractivity contribution is 5.95. The van der Waals surface area contributed by atoms with Crippen LogP contribution in [0.1, 0.15) is 21.7 Å². The quantitative estimate of drug-likeness (QED) is 0.742. The van der Waals surface area contributed by atoms with E-state index in [1.807, 2.05) is 30.9 Å². The summed E-state index contributed by atoms with van der Waals surface area (Å²) < 4.78 is 0. The van der Waals surface area contributed by atoms with Crippen LogP contribution in [0.2, 0.25) is 0 Å². The molecule has 0 bridgehead atoms. The smallest absolute Gasteiger partial charge is 0.255 e. The van der Waals surface area contributed by atoms with Crippen LogP contribution in [0.5, 0.6) is 0 Å². The van der Waals surface area contributed by atoms with E-state index in [2.05, 4.69) is 16.0 Å². The van der Waals surface area contributed by atoms with Crippen molar-refractivity contribution >= 4 is 5.91 Å². The molecule has 5 heteroatoms. The maximum absolute atomic E-state index is 12.4. The molecule has 1 saturated heterocycles. The molecule has 0 aromatic carbocycles. The van der Waals surface area contributed by atoms with Gasteiger partial charge in [0.05, 0.1) is 23.9 Å². The lowest BCUT2D eigenvalue weighted by Crippen LogP contribution is -2.48. The molecule has 0 atom stereocenters. The second-order valence-corrected chi connectivity index (χ2v) is 4.81. The Morgan fingerprint density at radius 2 is 2.00 bits per heavy atom. The number of aryl methyl sites for hydroxylation is 2. The Kier molecular flexibility index (Phi) is 4.13. The van der Waals surface area contributed by atoms with Crippen LogP contribution in [-0.2, 0) is 0 Å². The average molecular weight is 258 g/mol. The predicted molar refractivity (Wildman–Crippen MR) is 71.7 cm³/mol. The maximum atomic E-state index is 12.4. The number of nitrogens with zero attached hydrogens (tertiary/aromatic N) is 4. The van der Waals surface area contributed by atoms with Crippen LogP contribution in [0.3, 0.4) is 0 Å². The van der Waals surface area contributed by atoms with Gasteiger partial charge in [-0.05, 0) is 26.0 Å². The number of amides is 1. The Bertz CT molecular complexity index is 513. The first-order chi connectivity index (χ1) is 9.11. The number of nitriles is 1. The summed E-state index contributed by atoms with van der Waals surface area (Å²) in [7, 11) is 0. The standard InChI is InChI=1S/C14H18N4O/c1-11-3-4-13(12(2)16-11)14(19)18-9-7-17(6-5-15)8-10-18/h3-4H,6-10H2,1-2H3. The van der Waals surface area contributed by atoms with E-state index in [-0.39, 0.29) is 5.91 Å². The zero-order valence-electron chi connectivity index (χ0n) is 11.4. The van der Waals surface area contributed by atoms with Crippen LogP contribution in [0.4, 0.5) is 0 Å². The highest BCUT2D eigenvalue weighted by Crippen LogP contribution is 2.12. The maximum Gasteiger partial charge on any atom is 0.255 e. The molecule has 0 N–H and O–H groups in total. The van der Waals surface area contributed by atoms with Gasteiger partial charge in [-0.1, -0.05) is 0 Å². The average Bonchev–Trinajstić information content (AvgIpc) is 2.39. The van der Waals surface area contributed by atoms with Gasteiger partial charge < -0.3 is 4.90 Å². The van der Waals surface area contributed by atoms with E-state index < -0.39 is 0 Å². The van der Waals surface area contributed by atoms with Gasteiger partial charge in [0.25, 0.3) is 5.91 Å². The van der Waals surface area contributed by atoms with Crippen LogP contribution < -0.4 is 0 Å². The van der Waals surface area contributed by atoms with Crippen molar-refractivity contribution in [2.75, 3.05) is 32.7 Å². The Morgan fingerprint density at radius 3 is 2.58 bits per heavy atom. The Balaban J connectivity index is 2.03. The number of piperazine rings is 1. The topological polar surface area (TPSA) is 60.2 Å². The van der Waals surface area contributed by atoms with E-state index in [4.69, 9.17) is 5.26 Å². The molecule has 1 fully saturated rings. The molecule has 1 aliphatic rings. The van der Waals surface area contributed by atoms with Crippen LogP contribution in [0, 0.1) is 25.2 Å². The SMILES string of the molecule is Cc1ccc(C(=O)N2CCN(CC#N)CC2)c(C)n1. The van der Waals surface area contributed by atoms with Gasteiger partial charge in [-0.2, -0.15) is 5.26 Å². The minimum absolute atomic E-state index is 0.0432. The summed E-state index contributed by atoms with van der Waals surface area (Å²) in [4.78, 5) is 20.6. The van der Waals surface area contributed by atoms with Crippen molar-refractivity contribution in [3.63, 3.8) is 0 Å². The van der Waals surface area contributed by atoms with E-state index in [1.165, 1.54) is 0 Å². The highest BCUT2D eigenvalue weighted by atomic mass is 16.2. The molecule has 1 aromatic rings. The second kappa shape index (κ2) is 5.81. The van der Waals surface area contributed by atoms with Crippen LogP contribution in [0.15, 0.2) is 12.1 Å². The first kappa shape index (κ1) is 13.5. The third-order valence-corrected chi connectivity index (χ3v) is 3.41. The summed E-state index contributed by atoms with van der Waals surface area (Å²) in [6, 6.07) is 5.86. The lowest BCUT2D eigenvalue weighted by Gasteiger charge is -2.33. The predicted octanol–water partition coefficient (Wildman–Crippen LogP) is 0.980. The molecule has 0 aliphatic carbocycles. The zero-order chi connectivity index (χ0) is 13.8. The fraction of sp³-hybridized carbons (Fsp3) is 0.500. The third-order valence-electron chi connectivity index (χ3n) is 3.41. The molecule has 2 heterocycles. The molecule has 1 aliphatic heterocycles. The van der Waals surface area contributed by atoms with E-state index in [9.17, 15) is 4.79 Å². The number of hydrogen-bond donors (Lipinski definition) is 0. The summed E-state index contributed by atoms with van der Waals surface area (Å²) in [6.07, 6.45) is 0. The molecule has 1 amide bonds. The summed E-state index contributed by atoms with van der Waals surface area (Å²) >= 11 is 0. The third kappa shape index (κ3) is 3.09. The molecule has 100 valence electrons. The van der Waals surface area contributed by atoms with E-state index in [1.54, 1.807) is 0 Å². The van der Waals surface area contributed by atoms with Crippen molar-refractivity contribution in [3.8, 4) is 6.07 Å². The summed E-state index contributed by atoms with van der Waals surface area (Å²) in [5.41, 5.74) is 2.39. The van der Waals surface area contributed by atoms with Crippen molar-refractivity contribution in [1.82, 2.24) is 14.8 Å². The van der Waals surface area contributed by atoms with Crippen molar-refractivity contribution < 1.29 is 4.79 Å². The number of carbonyl (C=O) groups excluding carboxylic acids is 1. The van der Waals surface area contributed by atoms with Crippen LogP contribution in [0.25, 0.3) is 0 Å². The van der Waals surface area contributed by atoms with E-state index in [0.29, 0.717) is 25.2 Å². The Morgan fingerprint density at radius 1 is 1.32 bits per heavy atom. The Hall–Kier alpha value is -1.93. The van der Waals surface area contributed by atoms with Gasteiger partial charge in [0.2, 0.25) is 0 Å². The van der Waals surface area contributed by atoms with E-state index in [0.717, 1.165) is 24.5 Å². The molecule has 0 spiro atoms. The minimum atomic E-state index is 0.0432. The van der Waals surface area contributed by atoms with Crippen molar-refractivity contribution in [2.45, 2.75) is 13.8 Å². The zero-order valence-corrected chi connectivity index (χ0v) is 11.4. The van der Waals surface area contributed by atoms with Gasteiger partial charge >= 0.3 is 0 Å². The number of carbonyl (C=O) groups is 1. The van der Waals surface area contributed by atoms with Crippen molar-refractivity contribution in [1.29, 1.82) is 5.26 Å². The molecule has 1 aromatic heterocycles. The first-order valence-corrected chi connectivity index (χ1v) is 6.44. The molecule has 0 radical (unpaired) electrons. The van der Waals surface area contributed by atoms with Gasteiger partial charge in [-0.25, -0.2) is 0 Å². The molecule has 2 rings (SSSR count). The van der Waals surface area contributed by atoms with Gasteiger partial charge in [0, 0.05) is 31.9 Å². The highest BCUT2D eigenvalue weighted by Gasteiger charge is 2.23. The van der Waals surface area contributed by atoms with Gasteiger partial charge in [0.1, 0.15) is 0 Å². The summed E-state index contributed by atoms with van der Waals surface area (Å²) in [6.45, 7) is 7.10. The van der Waals surface area contributed by atoms with Crippen molar-refractivity contribution in [2.24, 2.45) is 0 Å². The number of hydrogen-bond acceptors (Lipinski definition) is 4. The lowest BCUT2D eigenvalue weighted by atomic mass is 10.1. The van der Waals surface area contributed by atoms with E-state index >= 15 is 0 Å². The minimum Gasteiger partial charge on any atom is -0.336 e. The number of rotatable bonds is 2. The monoisotopic (exact) mass is 258 g/mol. The largest absolute Gasteiger partial charge is 0.336 e. The lowest BCUT2D eigenvalue weighted by molar-refractivity contribution is 0.0650. The fourth-order valence-electron chi connectivity index (χ4n) is 2.29. The molecule has 0 saturated carbocycles. The molecular weight excluding hydrogens is 240 g/mol. The van der Waals surface area contributed by atoms with Crippen LogP contribution >= 0.6 is 0 Å². The van der Waals surface area contributed by atoms with Crippen molar-refractivity contribution in [3.05, 3.63) is 29.1 Å². The fourth-order valence-corrected chi connectivity index (χ4v) is 2.29. The summed E-state index contributed by atoms with van der Waals surface area (Å²) in [5.74, 6) is 0.0432. The normalized spacial score (nSPS) is 16.2. The first-order valence-electron chi connectivity index (χ1n) is 6.44.